The van der Waals surface area contributed by atoms with Crippen molar-refractivity contribution in [3.8, 4) is 6.07 Å². The van der Waals surface area contributed by atoms with Gasteiger partial charge >= 0.3 is 5.97 Å². The van der Waals surface area contributed by atoms with Crippen LogP contribution in [-0.4, -0.2) is 36.7 Å². The molecule has 0 fully saturated rings. The number of carbonyl (C=O) groups is 2. The van der Waals surface area contributed by atoms with Gasteiger partial charge in [0.15, 0.2) is 0 Å². The van der Waals surface area contributed by atoms with E-state index in [4.69, 9.17) is 15.1 Å². The third kappa shape index (κ3) is 5.26. The van der Waals surface area contributed by atoms with Crippen LogP contribution in [0.25, 0.3) is 0 Å². The van der Waals surface area contributed by atoms with Crippen LogP contribution in [0.15, 0.2) is 36.0 Å². The third-order valence-corrected chi connectivity index (χ3v) is 2.52. The molecule has 0 spiro atoms. The Balaban J connectivity index is 2.70. The molecule has 0 aromatic heterocycles. The van der Waals surface area contributed by atoms with Crippen LogP contribution in [-0.2, 0) is 9.53 Å². The largest absolute Gasteiger partial charge is 0.462 e. The van der Waals surface area contributed by atoms with Crippen LogP contribution in [0.2, 0.25) is 0 Å². The van der Waals surface area contributed by atoms with Crippen molar-refractivity contribution in [3.05, 3.63) is 41.6 Å². The second-order valence-electron chi connectivity index (χ2n) is 4.10. The maximum Gasteiger partial charge on any atom is 0.338 e. The Morgan fingerprint density at radius 3 is 2.59 bits per heavy atom. The first-order valence-electron chi connectivity index (χ1n) is 6.65. The van der Waals surface area contributed by atoms with Crippen molar-refractivity contribution in [1.29, 1.82) is 5.26 Å². The zero-order valence-corrected chi connectivity index (χ0v) is 12.1. The highest BCUT2D eigenvalue weighted by molar-refractivity contribution is 6.06. The van der Waals surface area contributed by atoms with Gasteiger partial charge in [0.05, 0.1) is 18.8 Å². The lowest BCUT2D eigenvalue weighted by Gasteiger charge is -2.06. The summed E-state index contributed by atoms with van der Waals surface area (Å²) in [6.45, 7) is 2.14. The molecule has 0 unspecified atom stereocenters. The number of hydrogen-bond donors (Lipinski definition) is 3. The smallest absolute Gasteiger partial charge is 0.338 e. The van der Waals surface area contributed by atoms with Crippen molar-refractivity contribution < 1.29 is 19.4 Å². The van der Waals surface area contributed by atoms with Crippen LogP contribution in [0.4, 0.5) is 5.69 Å². The summed E-state index contributed by atoms with van der Waals surface area (Å²) < 4.78 is 4.85. The highest BCUT2D eigenvalue weighted by Crippen LogP contribution is 2.11. The molecular formula is C15H17N3O4. The molecule has 7 nitrogen and oxygen atoms in total. The van der Waals surface area contributed by atoms with Gasteiger partial charge in [-0.3, -0.25) is 4.79 Å². The number of amides is 1. The van der Waals surface area contributed by atoms with E-state index < -0.39 is 11.9 Å². The molecule has 1 aromatic rings. The number of anilines is 1. The van der Waals surface area contributed by atoms with E-state index in [1.54, 1.807) is 25.1 Å². The molecule has 0 saturated heterocycles. The molecule has 1 amide bonds. The average molecular weight is 303 g/mol. The van der Waals surface area contributed by atoms with E-state index in [0.29, 0.717) is 11.3 Å². The summed E-state index contributed by atoms with van der Waals surface area (Å²) >= 11 is 0. The minimum Gasteiger partial charge on any atom is -0.462 e. The van der Waals surface area contributed by atoms with E-state index in [9.17, 15) is 9.59 Å². The standard InChI is InChI=1S/C15H17N3O4/c1-2-22-15(21)11-3-5-13(6-4-11)18-14(20)12(9-16)10-17-7-8-19/h3-6,10,17,19H,2,7-8H2,1H3,(H,18,20)/b12-10-. The van der Waals surface area contributed by atoms with Gasteiger partial charge in [-0.15, -0.1) is 0 Å². The van der Waals surface area contributed by atoms with Gasteiger partial charge in [-0.1, -0.05) is 0 Å². The molecule has 116 valence electrons. The third-order valence-electron chi connectivity index (χ3n) is 2.52. The fraction of sp³-hybridized carbons (Fsp3) is 0.267. The molecule has 0 bridgehead atoms. The summed E-state index contributed by atoms with van der Waals surface area (Å²) in [5.41, 5.74) is 0.699. The van der Waals surface area contributed by atoms with E-state index in [1.165, 1.54) is 18.3 Å². The first-order valence-corrected chi connectivity index (χ1v) is 6.65. The number of nitrogens with zero attached hydrogens (tertiary/aromatic N) is 1. The van der Waals surface area contributed by atoms with E-state index in [1.807, 2.05) is 0 Å². The maximum atomic E-state index is 11.9. The first-order chi connectivity index (χ1) is 10.6. The number of benzene rings is 1. The van der Waals surface area contributed by atoms with Crippen LogP contribution in [0.1, 0.15) is 17.3 Å². The van der Waals surface area contributed by atoms with Crippen LogP contribution in [0.3, 0.4) is 0 Å². The molecule has 0 aliphatic rings. The monoisotopic (exact) mass is 303 g/mol. The second kappa shape index (κ2) is 9.15. The van der Waals surface area contributed by atoms with Gasteiger partial charge in [0, 0.05) is 18.4 Å². The summed E-state index contributed by atoms with van der Waals surface area (Å²) in [5.74, 6) is -1.02. The molecule has 1 rings (SSSR count). The fourth-order valence-electron chi connectivity index (χ4n) is 1.49. The van der Waals surface area contributed by atoms with Crippen molar-refractivity contribution in [1.82, 2.24) is 5.32 Å². The Labute approximate surface area is 128 Å². The maximum absolute atomic E-state index is 11.9. The quantitative estimate of drug-likeness (QED) is 0.297. The van der Waals surface area contributed by atoms with Crippen molar-refractivity contribution in [2.45, 2.75) is 6.92 Å². The van der Waals surface area contributed by atoms with Crippen molar-refractivity contribution in [2.24, 2.45) is 0 Å². The van der Waals surface area contributed by atoms with Gasteiger partial charge in [-0.05, 0) is 31.2 Å². The van der Waals surface area contributed by atoms with Crippen LogP contribution in [0.5, 0.6) is 0 Å². The molecule has 3 N–H and O–H groups in total. The topological polar surface area (TPSA) is 111 Å². The summed E-state index contributed by atoms with van der Waals surface area (Å²) in [4.78, 5) is 23.4. The summed E-state index contributed by atoms with van der Waals surface area (Å²) in [7, 11) is 0. The van der Waals surface area contributed by atoms with Gasteiger partial charge in [-0.2, -0.15) is 5.26 Å². The van der Waals surface area contributed by atoms with Crippen molar-refractivity contribution >= 4 is 17.6 Å². The SMILES string of the molecule is CCOC(=O)c1ccc(NC(=O)/C(C#N)=C\NCCO)cc1. The van der Waals surface area contributed by atoms with Gasteiger partial charge < -0.3 is 20.5 Å². The van der Waals surface area contributed by atoms with Crippen LogP contribution >= 0.6 is 0 Å². The molecule has 22 heavy (non-hydrogen) atoms. The number of rotatable bonds is 7. The average Bonchev–Trinajstić information content (AvgIpc) is 2.52. The Morgan fingerprint density at radius 1 is 1.36 bits per heavy atom. The number of aliphatic hydroxyl groups excluding tert-OH is 1. The van der Waals surface area contributed by atoms with Crippen molar-refractivity contribution in [3.63, 3.8) is 0 Å². The van der Waals surface area contributed by atoms with Crippen LogP contribution in [0, 0.1) is 11.3 Å². The normalized spacial score (nSPS) is 10.5. The Morgan fingerprint density at radius 2 is 2.05 bits per heavy atom. The molecule has 0 aliphatic carbocycles. The molecule has 0 atom stereocenters. The van der Waals surface area contributed by atoms with Gasteiger partial charge in [0.1, 0.15) is 11.6 Å². The predicted octanol–water partition coefficient (Wildman–Crippen LogP) is 0.791. The van der Waals surface area contributed by atoms with Crippen LogP contribution < -0.4 is 10.6 Å². The number of carbonyl (C=O) groups excluding carboxylic acids is 2. The van der Waals surface area contributed by atoms with Gasteiger partial charge in [0.25, 0.3) is 5.91 Å². The number of nitriles is 1. The lowest BCUT2D eigenvalue weighted by molar-refractivity contribution is -0.112. The molecular weight excluding hydrogens is 286 g/mol. The lowest BCUT2D eigenvalue weighted by Crippen LogP contribution is -2.18. The summed E-state index contributed by atoms with van der Waals surface area (Å²) in [5, 5.41) is 22.7. The number of hydrogen-bond acceptors (Lipinski definition) is 6. The zero-order chi connectivity index (χ0) is 16.4. The fourth-order valence-corrected chi connectivity index (χ4v) is 1.49. The molecule has 0 saturated carbocycles. The lowest BCUT2D eigenvalue weighted by atomic mass is 10.2. The summed E-state index contributed by atoms with van der Waals surface area (Å²) in [6.07, 6.45) is 1.23. The minimum atomic E-state index is -0.586. The van der Waals surface area contributed by atoms with E-state index >= 15 is 0 Å². The number of aliphatic hydroxyl groups is 1. The molecule has 0 radical (unpaired) electrons. The Hall–Kier alpha value is -2.85. The molecule has 0 aliphatic heterocycles. The zero-order valence-electron chi connectivity index (χ0n) is 12.1. The highest BCUT2D eigenvalue weighted by atomic mass is 16.5. The van der Waals surface area contributed by atoms with Crippen molar-refractivity contribution in [2.75, 3.05) is 25.1 Å². The van der Waals surface area contributed by atoms with E-state index in [0.717, 1.165) is 0 Å². The minimum absolute atomic E-state index is 0.105. The van der Waals surface area contributed by atoms with E-state index in [2.05, 4.69) is 10.6 Å². The Kier molecular flexibility index (Phi) is 7.16. The van der Waals surface area contributed by atoms with Gasteiger partial charge in [0.2, 0.25) is 0 Å². The number of ether oxygens (including phenoxy) is 1. The number of esters is 1. The second-order valence-corrected chi connectivity index (χ2v) is 4.10. The molecule has 0 heterocycles. The summed E-state index contributed by atoms with van der Waals surface area (Å²) in [6, 6.07) is 7.88. The first kappa shape index (κ1) is 17.2. The van der Waals surface area contributed by atoms with Gasteiger partial charge in [-0.25, -0.2) is 4.79 Å². The number of nitrogens with one attached hydrogen (secondary N) is 2. The molecule has 7 heteroatoms. The van der Waals surface area contributed by atoms with E-state index in [-0.39, 0.29) is 25.3 Å². The predicted molar refractivity (Wildman–Crippen MR) is 79.8 cm³/mol. The highest BCUT2D eigenvalue weighted by Gasteiger charge is 2.10. The molecule has 1 aromatic carbocycles. The Bertz CT molecular complexity index is 588.